The van der Waals surface area contributed by atoms with E-state index in [2.05, 4.69) is 0 Å². The Morgan fingerprint density at radius 3 is 2.15 bits per heavy atom. The minimum atomic E-state index is -0.361. The van der Waals surface area contributed by atoms with Crippen molar-refractivity contribution in [2.75, 3.05) is 6.61 Å². The summed E-state index contributed by atoms with van der Waals surface area (Å²) in [4.78, 5) is 0. The van der Waals surface area contributed by atoms with E-state index in [1.54, 1.807) is 12.1 Å². The smallest absolute Gasteiger partial charge is 0.116 e. The molecule has 4 N–H and O–H groups in total. The fraction of sp³-hybridized carbons (Fsp3) is 0.400. The van der Waals surface area contributed by atoms with Gasteiger partial charge in [-0.15, -0.1) is 0 Å². The van der Waals surface area contributed by atoms with Crippen LogP contribution < -0.4 is 5.73 Å². The van der Waals surface area contributed by atoms with Gasteiger partial charge in [0.1, 0.15) is 5.75 Å². The summed E-state index contributed by atoms with van der Waals surface area (Å²) in [5.41, 5.74) is 8.46. The van der Waals surface area contributed by atoms with Gasteiger partial charge in [-0.25, -0.2) is 0 Å². The van der Waals surface area contributed by atoms with Crippen LogP contribution in [-0.2, 0) is 0 Å². The topological polar surface area (TPSA) is 66.5 Å². The van der Waals surface area contributed by atoms with Crippen LogP contribution in [0, 0.1) is 13.8 Å². The number of benzene rings is 1. The largest absolute Gasteiger partial charge is 0.508 e. The van der Waals surface area contributed by atoms with Gasteiger partial charge in [-0.2, -0.15) is 0 Å². The van der Waals surface area contributed by atoms with Gasteiger partial charge in [-0.1, -0.05) is 0 Å². The summed E-state index contributed by atoms with van der Waals surface area (Å²) in [6, 6.07) is 2.94. The van der Waals surface area contributed by atoms with E-state index < -0.39 is 0 Å². The number of rotatable bonds is 2. The minimum absolute atomic E-state index is 0.0769. The van der Waals surface area contributed by atoms with Crippen molar-refractivity contribution in [2.45, 2.75) is 19.9 Å². The molecule has 0 saturated carbocycles. The van der Waals surface area contributed by atoms with Crippen molar-refractivity contribution in [1.29, 1.82) is 0 Å². The summed E-state index contributed by atoms with van der Waals surface area (Å²) in [6.45, 7) is 3.67. The summed E-state index contributed by atoms with van der Waals surface area (Å²) >= 11 is 0. The van der Waals surface area contributed by atoms with Crippen molar-refractivity contribution in [3.8, 4) is 5.75 Å². The average molecular weight is 181 g/mol. The molecule has 0 saturated heterocycles. The Kier molecular flexibility index (Phi) is 2.90. The van der Waals surface area contributed by atoms with Crippen LogP contribution in [0.3, 0.4) is 0 Å². The van der Waals surface area contributed by atoms with Gasteiger partial charge in [0.15, 0.2) is 0 Å². The second-order valence-electron chi connectivity index (χ2n) is 3.28. The Morgan fingerprint density at radius 2 is 1.77 bits per heavy atom. The maximum atomic E-state index is 9.27. The average Bonchev–Trinajstić information content (AvgIpc) is 2.02. The molecule has 3 nitrogen and oxygen atoms in total. The first-order chi connectivity index (χ1) is 6.06. The van der Waals surface area contributed by atoms with Gasteiger partial charge >= 0.3 is 0 Å². The van der Waals surface area contributed by atoms with Crippen molar-refractivity contribution in [1.82, 2.24) is 0 Å². The molecular formula is C10H15NO2. The molecule has 0 aliphatic carbocycles. The van der Waals surface area contributed by atoms with E-state index in [0.29, 0.717) is 0 Å². The third-order valence-corrected chi connectivity index (χ3v) is 2.15. The molecule has 0 bridgehead atoms. The summed E-state index contributed by atoms with van der Waals surface area (Å²) in [7, 11) is 0. The van der Waals surface area contributed by atoms with E-state index in [4.69, 9.17) is 10.8 Å². The molecule has 0 fully saturated rings. The number of aromatic hydroxyl groups is 1. The molecular weight excluding hydrogens is 166 g/mol. The highest BCUT2D eigenvalue weighted by molar-refractivity contribution is 5.42. The molecule has 0 spiro atoms. The zero-order valence-electron chi connectivity index (χ0n) is 7.91. The highest BCUT2D eigenvalue weighted by Crippen LogP contribution is 2.24. The number of nitrogens with two attached hydrogens (primary N) is 1. The molecule has 13 heavy (non-hydrogen) atoms. The van der Waals surface area contributed by atoms with E-state index in [0.717, 1.165) is 16.7 Å². The second kappa shape index (κ2) is 3.77. The van der Waals surface area contributed by atoms with Crippen molar-refractivity contribution >= 4 is 0 Å². The zero-order chi connectivity index (χ0) is 10.0. The highest BCUT2D eigenvalue weighted by atomic mass is 16.3. The molecule has 1 rings (SSSR count). The molecule has 0 aromatic heterocycles. The Hall–Kier alpha value is -1.06. The molecule has 0 radical (unpaired) electrons. The number of phenolic OH excluding ortho intramolecular Hbond substituents is 1. The van der Waals surface area contributed by atoms with Crippen LogP contribution in [0.5, 0.6) is 5.75 Å². The standard InChI is InChI=1S/C10H15NO2/c1-6-3-8(13)4-7(2)10(6)9(11)5-12/h3-4,9,12-13H,5,11H2,1-2H3. The van der Waals surface area contributed by atoms with Crippen molar-refractivity contribution in [2.24, 2.45) is 5.73 Å². The van der Waals surface area contributed by atoms with Gasteiger partial charge < -0.3 is 15.9 Å². The van der Waals surface area contributed by atoms with Crippen LogP contribution in [-0.4, -0.2) is 16.8 Å². The monoisotopic (exact) mass is 181 g/mol. The van der Waals surface area contributed by atoms with Crippen molar-refractivity contribution in [3.05, 3.63) is 28.8 Å². The summed E-state index contributed by atoms with van der Waals surface area (Å²) in [5, 5.41) is 18.2. The maximum Gasteiger partial charge on any atom is 0.116 e. The molecule has 1 atom stereocenters. The Balaban J connectivity index is 3.20. The first-order valence-corrected chi connectivity index (χ1v) is 4.22. The molecule has 1 aromatic rings. The number of hydrogen-bond acceptors (Lipinski definition) is 3. The van der Waals surface area contributed by atoms with E-state index in [1.807, 2.05) is 13.8 Å². The normalized spacial score (nSPS) is 12.9. The van der Waals surface area contributed by atoms with E-state index >= 15 is 0 Å². The lowest BCUT2D eigenvalue weighted by Gasteiger charge is -2.15. The number of aryl methyl sites for hydroxylation is 2. The van der Waals surface area contributed by atoms with E-state index in [-0.39, 0.29) is 18.4 Å². The van der Waals surface area contributed by atoms with Gasteiger partial charge in [-0.3, -0.25) is 0 Å². The number of aliphatic hydroxyl groups excluding tert-OH is 1. The van der Waals surface area contributed by atoms with Gasteiger partial charge in [0.25, 0.3) is 0 Å². The molecule has 1 unspecified atom stereocenters. The van der Waals surface area contributed by atoms with Gasteiger partial charge in [-0.05, 0) is 42.7 Å². The predicted molar refractivity (Wildman–Crippen MR) is 51.6 cm³/mol. The molecule has 3 heteroatoms. The number of phenols is 1. The Bertz CT molecular complexity index is 287. The molecule has 1 aromatic carbocycles. The number of hydrogen-bond donors (Lipinski definition) is 3. The summed E-state index contributed by atoms with van der Waals surface area (Å²) in [6.07, 6.45) is 0. The van der Waals surface area contributed by atoms with Crippen molar-refractivity contribution in [3.63, 3.8) is 0 Å². The first kappa shape index (κ1) is 10.0. The Morgan fingerprint density at radius 1 is 1.31 bits per heavy atom. The maximum absolute atomic E-state index is 9.27. The zero-order valence-corrected chi connectivity index (χ0v) is 7.91. The lowest BCUT2D eigenvalue weighted by atomic mass is 9.97. The second-order valence-corrected chi connectivity index (χ2v) is 3.28. The third kappa shape index (κ3) is 1.99. The fourth-order valence-electron chi connectivity index (χ4n) is 1.63. The lowest BCUT2D eigenvalue weighted by Crippen LogP contribution is -2.17. The lowest BCUT2D eigenvalue weighted by molar-refractivity contribution is 0.267. The fourth-order valence-corrected chi connectivity index (χ4v) is 1.63. The van der Waals surface area contributed by atoms with Crippen LogP contribution in [0.2, 0.25) is 0 Å². The van der Waals surface area contributed by atoms with Crippen LogP contribution >= 0.6 is 0 Å². The van der Waals surface area contributed by atoms with Gasteiger partial charge in [0.05, 0.1) is 12.6 Å². The summed E-state index contributed by atoms with van der Waals surface area (Å²) < 4.78 is 0. The molecule has 0 aliphatic rings. The van der Waals surface area contributed by atoms with Crippen LogP contribution in [0.15, 0.2) is 12.1 Å². The van der Waals surface area contributed by atoms with Gasteiger partial charge in [0, 0.05) is 0 Å². The predicted octanol–water partition coefficient (Wildman–Crippen LogP) is 1.00. The number of aliphatic hydroxyl groups is 1. The Labute approximate surface area is 77.8 Å². The van der Waals surface area contributed by atoms with Crippen molar-refractivity contribution < 1.29 is 10.2 Å². The minimum Gasteiger partial charge on any atom is -0.508 e. The van der Waals surface area contributed by atoms with E-state index in [1.165, 1.54) is 0 Å². The SMILES string of the molecule is Cc1cc(O)cc(C)c1C(N)CO. The molecule has 0 heterocycles. The molecule has 0 aliphatic heterocycles. The molecule has 0 amide bonds. The van der Waals surface area contributed by atoms with Crippen LogP contribution in [0.1, 0.15) is 22.7 Å². The highest BCUT2D eigenvalue weighted by Gasteiger charge is 2.11. The third-order valence-electron chi connectivity index (χ3n) is 2.15. The van der Waals surface area contributed by atoms with Crippen LogP contribution in [0.25, 0.3) is 0 Å². The quantitative estimate of drug-likeness (QED) is 0.637. The summed E-state index contributed by atoms with van der Waals surface area (Å²) in [5.74, 6) is 0.240. The van der Waals surface area contributed by atoms with Crippen LogP contribution in [0.4, 0.5) is 0 Å². The van der Waals surface area contributed by atoms with E-state index in [9.17, 15) is 5.11 Å². The molecule has 72 valence electrons. The van der Waals surface area contributed by atoms with Gasteiger partial charge in [0.2, 0.25) is 0 Å². The first-order valence-electron chi connectivity index (χ1n) is 4.22.